The van der Waals surface area contributed by atoms with Crippen molar-refractivity contribution in [3.05, 3.63) is 24.1 Å². The molecule has 0 spiro atoms. The van der Waals surface area contributed by atoms with Gasteiger partial charge in [0.05, 0.1) is 0 Å². The molecule has 0 aromatic carbocycles. The molecule has 0 atom stereocenters. The van der Waals surface area contributed by atoms with Crippen molar-refractivity contribution in [2.24, 2.45) is 0 Å². The molecule has 0 saturated carbocycles. The number of aromatic nitrogens is 1. The Morgan fingerprint density at radius 2 is 1.92 bits per heavy atom. The molecule has 0 unspecified atom stereocenters. The minimum absolute atomic E-state index is 0. The first-order chi connectivity index (χ1) is 5.00. The van der Waals surface area contributed by atoms with E-state index in [0.29, 0.717) is 0 Å². The van der Waals surface area contributed by atoms with Crippen molar-refractivity contribution in [1.82, 2.24) is 4.98 Å². The molecule has 1 aromatic heterocycles. The predicted octanol–water partition coefficient (Wildman–Crippen LogP) is -4.65. The fraction of sp³-hybridized carbons (Fsp3) is 0. The van der Waals surface area contributed by atoms with E-state index < -0.39 is 18.2 Å². The molecule has 1 rings (SSSR count). The predicted molar refractivity (Wildman–Crippen MR) is 36.2 cm³/mol. The van der Waals surface area contributed by atoms with Crippen molar-refractivity contribution in [3.63, 3.8) is 0 Å². The van der Waals surface area contributed by atoms with E-state index in [9.17, 15) is 4.39 Å². The van der Waals surface area contributed by atoms with E-state index in [0.717, 1.165) is 18.3 Å². The molecule has 4 nitrogen and oxygen atoms in total. The molecule has 0 aliphatic carbocycles. The monoisotopic (exact) mass is 165 g/mol. The molecule has 0 saturated heterocycles. The number of nitrogens with zero attached hydrogens (tertiary/aromatic N) is 1. The average Bonchev–Trinajstić information content (AvgIpc) is 1.86. The molecule has 12 heavy (non-hydrogen) atoms. The molecule has 0 aliphatic rings. The summed E-state index contributed by atoms with van der Waals surface area (Å²) in [6, 6.07) is 1.78. The summed E-state index contributed by atoms with van der Waals surface area (Å²) in [6.07, 6.45) is 1.03. The average molecular weight is 165 g/mol. The molecule has 1 aromatic rings. The fourth-order valence-corrected chi connectivity index (χ4v) is 0.633. The molecule has 0 amide bonds. The molecule has 60 valence electrons. The zero-order valence-electron chi connectivity index (χ0n) is 6.48. The third-order valence-corrected chi connectivity index (χ3v) is 1.14. The van der Waals surface area contributed by atoms with Crippen LogP contribution in [0.25, 0.3) is 0 Å². The van der Waals surface area contributed by atoms with Crippen molar-refractivity contribution >= 4 is 12.3 Å². The molecule has 0 fully saturated rings. The molecular weight excluding hydrogens is 159 g/mol. The number of hydrogen-bond donors (Lipinski definition) is 3. The quantitative estimate of drug-likeness (QED) is 0.366. The van der Waals surface area contributed by atoms with Crippen LogP contribution in [0.5, 0.6) is 0 Å². The van der Waals surface area contributed by atoms with E-state index in [1.54, 1.807) is 0 Å². The van der Waals surface area contributed by atoms with Crippen LogP contribution in [-0.4, -0.2) is 26.8 Å². The molecule has 7 heteroatoms. The Bertz CT molecular complexity index is 267. The van der Waals surface area contributed by atoms with Gasteiger partial charge in [0.2, 0.25) is 0 Å². The van der Waals surface area contributed by atoms with Gasteiger partial charge in [-0.2, -0.15) is 0 Å². The van der Waals surface area contributed by atoms with E-state index in [-0.39, 0.29) is 18.9 Å². The van der Waals surface area contributed by atoms with Gasteiger partial charge in [-0.3, -0.25) is 4.98 Å². The van der Waals surface area contributed by atoms with Gasteiger partial charge in [-0.05, 0) is 17.7 Å². The topological polar surface area (TPSA) is 73.6 Å². The normalized spacial score (nSPS) is 10.7. The first-order valence-electron chi connectivity index (χ1n) is 2.93. The van der Waals surface area contributed by atoms with Gasteiger partial charge in [-0.15, -0.1) is 0 Å². The maximum atomic E-state index is 12.3. The largest absolute Gasteiger partial charge is 1.00 e. The van der Waals surface area contributed by atoms with Crippen LogP contribution >= 0.6 is 0 Å². The molecule has 0 bridgehead atoms. The first kappa shape index (κ1) is 11.6. The Labute approximate surface area is 80.3 Å². The van der Waals surface area contributed by atoms with Gasteiger partial charge in [0.1, 0.15) is 5.82 Å². The molecule has 1 heterocycles. The number of pyridine rings is 1. The Morgan fingerprint density at radius 3 is 2.25 bits per heavy atom. The minimum Gasteiger partial charge on any atom is -0.555 e. The van der Waals surface area contributed by atoms with E-state index >= 15 is 0 Å². The number of rotatable bonds is 1. The van der Waals surface area contributed by atoms with Crippen LogP contribution in [-0.2, 0) is 0 Å². The van der Waals surface area contributed by atoms with E-state index in [1.165, 1.54) is 0 Å². The molecule has 0 aliphatic heterocycles. The zero-order chi connectivity index (χ0) is 8.48. The Morgan fingerprint density at radius 1 is 1.33 bits per heavy atom. The van der Waals surface area contributed by atoms with Crippen LogP contribution in [0.15, 0.2) is 18.3 Å². The van der Waals surface area contributed by atoms with Crippen molar-refractivity contribution in [2.75, 3.05) is 0 Å². The second-order valence-corrected chi connectivity index (χ2v) is 2.13. The second-order valence-electron chi connectivity index (χ2n) is 2.13. The maximum absolute atomic E-state index is 12.3. The summed E-state index contributed by atoms with van der Waals surface area (Å²) in [7, 11) is 0. The smallest absolute Gasteiger partial charge is 0.555 e. The van der Waals surface area contributed by atoms with Crippen molar-refractivity contribution < 1.29 is 38.3 Å². The summed E-state index contributed by atoms with van der Waals surface area (Å²) in [6.45, 7) is -3.67. The Balaban J connectivity index is 0.00000121. The van der Waals surface area contributed by atoms with Crippen LogP contribution < -0.4 is 24.5 Å². The minimum atomic E-state index is -3.67. The van der Waals surface area contributed by atoms with Gasteiger partial charge in [-0.25, -0.2) is 4.39 Å². The molecule has 3 N–H and O–H groups in total. The van der Waals surface area contributed by atoms with Crippen molar-refractivity contribution in [1.29, 1.82) is 0 Å². The van der Waals surface area contributed by atoms with E-state index in [1.807, 2.05) is 0 Å². The first-order valence-corrected chi connectivity index (χ1v) is 2.93. The second kappa shape index (κ2) is 4.03. The standard InChI is InChI=1S/C5H6BFNO3.Li/c7-4-1-2-8-5(3-4)6(9,10)11;/h1-3,9-11H;/q-1;+1. The van der Waals surface area contributed by atoms with E-state index in [2.05, 4.69) is 4.98 Å². The summed E-state index contributed by atoms with van der Waals surface area (Å²) in [5.74, 6) is -0.682. The number of halogens is 1. The third kappa shape index (κ3) is 2.93. The van der Waals surface area contributed by atoms with Gasteiger partial charge in [0.15, 0.2) is 0 Å². The van der Waals surface area contributed by atoms with Gasteiger partial charge in [0, 0.05) is 6.20 Å². The van der Waals surface area contributed by atoms with Gasteiger partial charge in [-0.1, -0.05) is 0 Å². The maximum Gasteiger partial charge on any atom is 1.00 e. The van der Waals surface area contributed by atoms with Crippen LogP contribution in [0, 0.1) is 5.82 Å². The molecule has 0 radical (unpaired) electrons. The van der Waals surface area contributed by atoms with Crippen LogP contribution in [0.1, 0.15) is 0 Å². The summed E-state index contributed by atoms with van der Waals surface area (Å²) < 4.78 is 12.3. The van der Waals surface area contributed by atoms with E-state index in [4.69, 9.17) is 15.1 Å². The Kier molecular flexibility index (Phi) is 3.90. The van der Waals surface area contributed by atoms with Crippen LogP contribution in [0.4, 0.5) is 4.39 Å². The SMILES string of the molecule is O[B-](O)(O)c1cc(F)ccn1.[Li+]. The van der Waals surface area contributed by atoms with Gasteiger partial charge in [0.25, 0.3) is 0 Å². The fourth-order valence-electron chi connectivity index (χ4n) is 0.633. The molecular formula is C5H6BFLiNO3. The Hall–Kier alpha value is -0.378. The van der Waals surface area contributed by atoms with Crippen LogP contribution in [0.3, 0.4) is 0 Å². The summed E-state index contributed by atoms with van der Waals surface area (Å²) >= 11 is 0. The van der Waals surface area contributed by atoms with Crippen molar-refractivity contribution in [2.45, 2.75) is 0 Å². The van der Waals surface area contributed by atoms with Crippen LogP contribution in [0.2, 0.25) is 0 Å². The summed E-state index contributed by atoms with van der Waals surface area (Å²) in [5.41, 5.74) is -0.481. The van der Waals surface area contributed by atoms with Gasteiger partial charge < -0.3 is 15.1 Å². The summed E-state index contributed by atoms with van der Waals surface area (Å²) in [4.78, 5) is 3.35. The zero-order valence-corrected chi connectivity index (χ0v) is 6.48. The third-order valence-electron chi connectivity index (χ3n) is 1.14. The summed E-state index contributed by atoms with van der Waals surface area (Å²) in [5, 5.41) is 25.7. The number of hydrogen-bond acceptors (Lipinski definition) is 4. The van der Waals surface area contributed by atoms with Crippen molar-refractivity contribution in [3.8, 4) is 0 Å². The van der Waals surface area contributed by atoms with Gasteiger partial charge >= 0.3 is 25.6 Å².